The van der Waals surface area contributed by atoms with Crippen LogP contribution in [0, 0.1) is 5.92 Å². The largest absolute Gasteiger partial charge is 0.481 e. The lowest BCUT2D eigenvalue weighted by molar-refractivity contribution is -0.138. The molecule has 2 aromatic rings. The van der Waals surface area contributed by atoms with E-state index in [1.54, 1.807) is 6.92 Å². The number of aliphatic carboxylic acids is 1. The van der Waals surface area contributed by atoms with Gasteiger partial charge in [-0.15, -0.1) is 0 Å². The molecule has 4 rings (SSSR count). The Labute approximate surface area is 206 Å². The van der Waals surface area contributed by atoms with E-state index in [9.17, 15) is 14.4 Å². The Balaban J connectivity index is 1.37. The van der Waals surface area contributed by atoms with Crippen LogP contribution in [0.4, 0.5) is 4.79 Å². The van der Waals surface area contributed by atoms with Gasteiger partial charge < -0.3 is 20.5 Å². The zero-order chi connectivity index (χ0) is 25.0. The molecule has 1 saturated carbocycles. The van der Waals surface area contributed by atoms with Gasteiger partial charge in [0.15, 0.2) is 0 Å². The predicted molar refractivity (Wildman–Crippen MR) is 133 cm³/mol. The lowest BCUT2D eigenvalue weighted by Crippen LogP contribution is -2.58. The van der Waals surface area contributed by atoms with Crippen LogP contribution in [-0.2, 0) is 14.3 Å². The SMILES string of the molecule is CCCC(C)(NC(=O)OCC1c2ccccc2-c2ccccc21)C(=O)NC1CCC(CC(=O)O)C1. The maximum Gasteiger partial charge on any atom is 0.408 e. The topological polar surface area (TPSA) is 105 Å². The van der Waals surface area contributed by atoms with E-state index in [-0.39, 0.29) is 36.8 Å². The Bertz CT molecular complexity index is 1050. The zero-order valence-corrected chi connectivity index (χ0v) is 20.4. The molecule has 0 aliphatic heterocycles. The van der Waals surface area contributed by atoms with Crippen LogP contribution in [-0.4, -0.2) is 41.3 Å². The van der Waals surface area contributed by atoms with Crippen LogP contribution in [0.2, 0.25) is 0 Å². The molecule has 0 saturated heterocycles. The molecule has 0 spiro atoms. The molecule has 2 aromatic carbocycles. The molecule has 3 N–H and O–H groups in total. The summed E-state index contributed by atoms with van der Waals surface area (Å²) in [5, 5.41) is 14.9. The summed E-state index contributed by atoms with van der Waals surface area (Å²) in [6, 6.07) is 16.2. The van der Waals surface area contributed by atoms with Crippen LogP contribution in [0.15, 0.2) is 48.5 Å². The number of fused-ring (bicyclic) bond motifs is 3. The fraction of sp³-hybridized carbons (Fsp3) is 0.464. The Morgan fingerprint density at radius 1 is 1.03 bits per heavy atom. The minimum Gasteiger partial charge on any atom is -0.481 e. The number of alkyl carbamates (subject to hydrolysis) is 1. The van der Waals surface area contributed by atoms with E-state index in [0.717, 1.165) is 35.1 Å². The molecule has 0 aromatic heterocycles. The van der Waals surface area contributed by atoms with Gasteiger partial charge in [0.25, 0.3) is 0 Å². The summed E-state index contributed by atoms with van der Waals surface area (Å²) < 4.78 is 5.67. The van der Waals surface area contributed by atoms with Gasteiger partial charge in [0.2, 0.25) is 5.91 Å². The first kappa shape index (κ1) is 24.8. The van der Waals surface area contributed by atoms with Gasteiger partial charge in [-0.25, -0.2) is 4.79 Å². The minimum atomic E-state index is -1.11. The molecule has 1 fully saturated rings. The van der Waals surface area contributed by atoms with E-state index >= 15 is 0 Å². The highest BCUT2D eigenvalue weighted by molar-refractivity contribution is 5.89. The van der Waals surface area contributed by atoms with E-state index in [4.69, 9.17) is 9.84 Å². The second-order valence-electron chi connectivity index (χ2n) is 9.98. The number of ether oxygens (including phenoxy) is 1. The summed E-state index contributed by atoms with van der Waals surface area (Å²) in [5.41, 5.74) is 3.47. The third kappa shape index (κ3) is 5.50. The Morgan fingerprint density at radius 2 is 1.66 bits per heavy atom. The van der Waals surface area contributed by atoms with Gasteiger partial charge in [-0.2, -0.15) is 0 Å². The summed E-state index contributed by atoms with van der Waals surface area (Å²) in [5.74, 6) is -1.04. The number of carbonyl (C=O) groups excluding carboxylic acids is 2. The highest BCUT2D eigenvalue weighted by atomic mass is 16.5. The van der Waals surface area contributed by atoms with Gasteiger partial charge in [-0.05, 0) is 60.8 Å². The van der Waals surface area contributed by atoms with Crippen LogP contribution in [0.3, 0.4) is 0 Å². The molecule has 0 radical (unpaired) electrons. The molecule has 35 heavy (non-hydrogen) atoms. The molecule has 0 bridgehead atoms. The smallest absolute Gasteiger partial charge is 0.408 e. The van der Waals surface area contributed by atoms with Crippen molar-refractivity contribution in [2.24, 2.45) is 5.92 Å². The second kappa shape index (κ2) is 10.5. The summed E-state index contributed by atoms with van der Waals surface area (Å²) in [4.78, 5) is 37.0. The van der Waals surface area contributed by atoms with Gasteiger partial charge in [-0.3, -0.25) is 9.59 Å². The number of nitrogens with one attached hydrogen (secondary N) is 2. The number of rotatable bonds is 9. The molecule has 2 amide bonds. The molecule has 3 atom stereocenters. The number of hydrogen-bond donors (Lipinski definition) is 3. The van der Waals surface area contributed by atoms with Gasteiger partial charge in [0, 0.05) is 18.4 Å². The van der Waals surface area contributed by atoms with Crippen LogP contribution in [0.25, 0.3) is 11.1 Å². The van der Waals surface area contributed by atoms with Gasteiger partial charge in [0.1, 0.15) is 12.1 Å². The molecule has 2 aliphatic rings. The summed E-state index contributed by atoms with van der Waals surface area (Å²) >= 11 is 0. The maximum absolute atomic E-state index is 13.2. The number of benzene rings is 2. The quantitative estimate of drug-likeness (QED) is 0.478. The second-order valence-corrected chi connectivity index (χ2v) is 9.98. The van der Waals surface area contributed by atoms with Crippen molar-refractivity contribution < 1.29 is 24.2 Å². The number of carboxylic acids is 1. The van der Waals surface area contributed by atoms with E-state index in [1.165, 1.54) is 0 Å². The Hall–Kier alpha value is -3.35. The van der Waals surface area contributed by atoms with E-state index in [1.807, 2.05) is 31.2 Å². The van der Waals surface area contributed by atoms with E-state index in [0.29, 0.717) is 19.3 Å². The fourth-order valence-corrected chi connectivity index (χ4v) is 5.58. The van der Waals surface area contributed by atoms with Gasteiger partial charge >= 0.3 is 12.1 Å². The molecule has 186 valence electrons. The Morgan fingerprint density at radius 3 is 2.26 bits per heavy atom. The average Bonchev–Trinajstić information content (AvgIpc) is 3.39. The lowest BCUT2D eigenvalue weighted by atomic mass is 9.94. The fourth-order valence-electron chi connectivity index (χ4n) is 5.58. The summed E-state index contributed by atoms with van der Waals surface area (Å²) in [6.07, 6.45) is 2.85. The summed E-state index contributed by atoms with van der Waals surface area (Å²) in [6.45, 7) is 3.86. The third-order valence-electron chi connectivity index (χ3n) is 7.31. The first-order chi connectivity index (χ1) is 16.8. The third-order valence-corrected chi connectivity index (χ3v) is 7.31. The highest BCUT2D eigenvalue weighted by Gasteiger charge is 2.38. The van der Waals surface area contributed by atoms with Crippen LogP contribution in [0.1, 0.15) is 69.4 Å². The Kier molecular flexibility index (Phi) is 7.43. The van der Waals surface area contributed by atoms with E-state index in [2.05, 4.69) is 34.9 Å². The maximum atomic E-state index is 13.2. The first-order valence-electron chi connectivity index (χ1n) is 12.5. The molecule has 3 unspecified atom stereocenters. The normalized spacial score (nSPS) is 20.4. The molecular weight excluding hydrogens is 444 g/mol. The molecular formula is C28H34N2O5. The number of carbonyl (C=O) groups is 3. The number of hydrogen-bond acceptors (Lipinski definition) is 4. The van der Waals surface area contributed by atoms with Crippen molar-refractivity contribution in [1.29, 1.82) is 0 Å². The van der Waals surface area contributed by atoms with E-state index < -0.39 is 17.6 Å². The zero-order valence-electron chi connectivity index (χ0n) is 20.4. The van der Waals surface area contributed by atoms with Crippen molar-refractivity contribution in [3.63, 3.8) is 0 Å². The van der Waals surface area contributed by atoms with Gasteiger partial charge in [-0.1, -0.05) is 61.9 Å². The average molecular weight is 479 g/mol. The predicted octanol–water partition coefficient (Wildman–Crippen LogP) is 4.84. The van der Waals surface area contributed by atoms with Crippen LogP contribution < -0.4 is 10.6 Å². The van der Waals surface area contributed by atoms with Gasteiger partial charge in [0.05, 0.1) is 0 Å². The minimum absolute atomic E-state index is 0.0518. The first-order valence-corrected chi connectivity index (χ1v) is 12.5. The van der Waals surface area contributed by atoms with Crippen molar-refractivity contribution >= 4 is 18.0 Å². The molecule has 0 heterocycles. The number of carboxylic acid groups (broad SMARTS) is 1. The number of amides is 2. The molecule has 2 aliphatic carbocycles. The van der Waals surface area contributed by atoms with Crippen molar-refractivity contribution in [1.82, 2.24) is 10.6 Å². The van der Waals surface area contributed by atoms with Crippen molar-refractivity contribution in [3.05, 3.63) is 59.7 Å². The monoisotopic (exact) mass is 478 g/mol. The summed E-state index contributed by atoms with van der Waals surface area (Å²) in [7, 11) is 0. The molecule has 7 nitrogen and oxygen atoms in total. The highest BCUT2D eigenvalue weighted by Crippen LogP contribution is 2.44. The lowest BCUT2D eigenvalue weighted by Gasteiger charge is -2.30. The van der Waals surface area contributed by atoms with Crippen LogP contribution >= 0.6 is 0 Å². The molecule has 7 heteroatoms. The van der Waals surface area contributed by atoms with Crippen molar-refractivity contribution in [3.8, 4) is 11.1 Å². The van der Waals surface area contributed by atoms with Crippen LogP contribution in [0.5, 0.6) is 0 Å². The van der Waals surface area contributed by atoms with Crippen molar-refractivity contribution in [2.45, 2.75) is 69.9 Å². The van der Waals surface area contributed by atoms with Crippen molar-refractivity contribution in [2.75, 3.05) is 6.61 Å². The standard InChI is InChI=1S/C28H34N2O5/c1-3-14-28(2,26(33)29-19-13-12-18(15-19)16-25(31)32)30-27(34)35-17-24-22-10-6-4-8-20(22)21-9-5-7-11-23(21)24/h4-11,18-19,24H,3,12-17H2,1-2H3,(H,29,33)(H,30,34)(H,31,32).